The molecule has 0 spiro atoms. The Kier molecular flexibility index (Phi) is 4.30. The molecule has 0 atom stereocenters. The molecular weight excluding hydrogens is 262 g/mol. The predicted octanol–water partition coefficient (Wildman–Crippen LogP) is 3.54. The van der Waals surface area contributed by atoms with Crippen LogP contribution >= 0.6 is 0 Å². The monoisotopic (exact) mass is 276 g/mol. The van der Waals surface area contributed by atoms with Gasteiger partial charge in [-0.05, 0) is 29.8 Å². The van der Waals surface area contributed by atoms with Crippen LogP contribution < -0.4 is 10.6 Å². The lowest BCUT2D eigenvalue weighted by Gasteiger charge is -2.12. The van der Waals surface area contributed by atoms with Gasteiger partial charge in [-0.3, -0.25) is 4.79 Å². The number of amides is 1. The SMILES string of the molecule is CC(=O)Nc1ccccc1CNc1cc(F)ccc1F. The summed E-state index contributed by atoms with van der Waals surface area (Å²) in [5.41, 5.74) is 1.51. The Hall–Kier alpha value is -2.43. The van der Waals surface area contributed by atoms with E-state index in [0.29, 0.717) is 5.69 Å². The van der Waals surface area contributed by atoms with E-state index >= 15 is 0 Å². The minimum Gasteiger partial charge on any atom is -0.378 e. The van der Waals surface area contributed by atoms with Gasteiger partial charge in [0.15, 0.2) is 0 Å². The number of hydrogen-bond donors (Lipinski definition) is 2. The summed E-state index contributed by atoms with van der Waals surface area (Å²) < 4.78 is 26.5. The topological polar surface area (TPSA) is 41.1 Å². The summed E-state index contributed by atoms with van der Waals surface area (Å²) in [5.74, 6) is -1.22. The molecule has 0 saturated heterocycles. The highest BCUT2D eigenvalue weighted by atomic mass is 19.1. The van der Waals surface area contributed by atoms with Crippen LogP contribution in [0.15, 0.2) is 42.5 Å². The number of rotatable bonds is 4. The van der Waals surface area contributed by atoms with Crippen molar-refractivity contribution in [3.63, 3.8) is 0 Å². The fraction of sp³-hybridized carbons (Fsp3) is 0.133. The van der Waals surface area contributed by atoms with Gasteiger partial charge in [0.2, 0.25) is 5.91 Å². The van der Waals surface area contributed by atoms with Crippen molar-refractivity contribution >= 4 is 17.3 Å². The molecule has 0 unspecified atom stereocenters. The number of para-hydroxylation sites is 1. The Balaban J connectivity index is 2.14. The molecule has 0 radical (unpaired) electrons. The van der Waals surface area contributed by atoms with Gasteiger partial charge in [0.05, 0.1) is 5.69 Å². The van der Waals surface area contributed by atoms with E-state index < -0.39 is 11.6 Å². The van der Waals surface area contributed by atoms with Crippen molar-refractivity contribution in [2.75, 3.05) is 10.6 Å². The van der Waals surface area contributed by atoms with Gasteiger partial charge in [0.1, 0.15) is 11.6 Å². The van der Waals surface area contributed by atoms with Gasteiger partial charge in [0.25, 0.3) is 0 Å². The number of benzene rings is 2. The van der Waals surface area contributed by atoms with Crippen molar-refractivity contribution in [3.8, 4) is 0 Å². The third-order valence-electron chi connectivity index (χ3n) is 2.73. The lowest BCUT2D eigenvalue weighted by atomic mass is 10.1. The molecule has 0 aliphatic carbocycles. The molecule has 0 aliphatic heterocycles. The third-order valence-corrected chi connectivity index (χ3v) is 2.73. The van der Waals surface area contributed by atoms with Crippen LogP contribution in [-0.2, 0) is 11.3 Å². The fourth-order valence-electron chi connectivity index (χ4n) is 1.81. The normalized spacial score (nSPS) is 10.2. The largest absolute Gasteiger partial charge is 0.378 e. The highest BCUT2D eigenvalue weighted by Gasteiger charge is 2.06. The highest BCUT2D eigenvalue weighted by Crippen LogP contribution is 2.19. The zero-order valence-corrected chi connectivity index (χ0v) is 10.9. The molecule has 2 N–H and O–H groups in total. The summed E-state index contributed by atoms with van der Waals surface area (Å²) in [6.45, 7) is 1.69. The first-order valence-corrected chi connectivity index (χ1v) is 6.10. The maximum atomic E-state index is 13.5. The van der Waals surface area contributed by atoms with E-state index in [9.17, 15) is 13.6 Å². The van der Waals surface area contributed by atoms with Crippen molar-refractivity contribution in [3.05, 3.63) is 59.7 Å². The van der Waals surface area contributed by atoms with Gasteiger partial charge in [-0.25, -0.2) is 8.78 Å². The zero-order valence-electron chi connectivity index (χ0n) is 10.9. The minimum absolute atomic E-state index is 0.0858. The Labute approximate surface area is 115 Å². The van der Waals surface area contributed by atoms with Crippen molar-refractivity contribution in [2.45, 2.75) is 13.5 Å². The molecule has 0 aliphatic rings. The lowest BCUT2D eigenvalue weighted by molar-refractivity contribution is -0.114. The molecule has 5 heteroatoms. The summed E-state index contributed by atoms with van der Waals surface area (Å²) >= 11 is 0. The first-order valence-electron chi connectivity index (χ1n) is 6.10. The standard InChI is InChI=1S/C15H14F2N2O/c1-10(20)19-14-5-3-2-4-11(14)9-18-15-8-12(16)6-7-13(15)17/h2-8,18H,9H2,1H3,(H,19,20). The number of carbonyl (C=O) groups excluding carboxylic acids is 1. The van der Waals surface area contributed by atoms with Crippen molar-refractivity contribution < 1.29 is 13.6 Å². The smallest absolute Gasteiger partial charge is 0.221 e. The number of hydrogen-bond acceptors (Lipinski definition) is 2. The molecule has 2 rings (SSSR count). The maximum Gasteiger partial charge on any atom is 0.221 e. The van der Waals surface area contributed by atoms with E-state index in [4.69, 9.17) is 0 Å². The molecule has 1 amide bonds. The minimum atomic E-state index is -0.525. The third kappa shape index (κ3) is 3.54. The molecule has 0 fully saturated rings. The molecular formula is C15H14F2N2O. The molecule has 2 aromatic rings. The van der Waals surface area contributed by atoms with Crippen molar-refractivity contribution in [1.82, 2.24) is 0 Å². The first-order chi connectivity index (χ1) is 9.56. The molecule has 3 nitrogen and oxygen atoms in total. The Morgan fingerprint density at radius 2 is 1.85 bits per heavy atom. The summed E-state index contributed by atoms with van der Waals surface area (Å²) in [4.78, 5) is 11.1. The Morgan fingerprint density at radius 1 is 1.10 bits per heavy atom. The quantitative estimate of drug-likeness (QED) is 0.896. The van der Waals surface area contributed by atoms with Gasteiger partial charge in [-0.1, -0.05) is 18.2 Å². The zero-order chi connectivity index (χ0) is 14.5. The summed E-state index contributed by atoms with van der Waals surface area (Å²) in [6.07, 6.45) is 0. The molecule has 20 heavy (non-hydrogen) atoms. The Morgan fingerprint density at radius 3 is 2.60 bits per heavy atom. The Bertz CT molecular complexity index is 629. The molecule has 0 aromatic heterocycles. The van der Waals surface area contributed by atoms with Crippen molar-refractivity contribution in [2.24, 2.45) is 0 Å². The van der Waals surface area contributed by atoms with E-state index in [1.54, 1.807) is 18.2 Å². The van der Waals surface area contributed by atoms with E-state index in [1.807, 2.05) is 6.07 Å². The van der Waals surface area contributed by atoms with Crippen LogP contribution in [0.2, 0.25) is 0 Å². The second-order valence-corrected chi connectivity index (χ2v) is 4.32. The predicted molar refractivity (Wildman–Crippen MR) is 74.4 cm³/mol. The van der Waals surface area contributed by atoms with Gasteiger partial charge >= 0.3 is 0 Å². The molecule has 104 valence electrons. The van der Waals surface area contributed by atoms with Crippen molar-refractivity contribution in [1.29, 1.82) is 0 Å². The van der Waals surface area contributed by atoms with E-state index in [1.165, 1.54) is 6.92 Å². The summed E-state index contributed by atoms with van der Waals surface area (Å²) in [5, 5.41) is 5.51. The van der Waals surface area contributed by atoms with Crippen LogP contribution in [0.1, 0.15) is 12.5 Å². The molecule has 0 heterocycles. The van der Waals surface area contributed by atoms with Crippen LogP contribution in [0.4, 0.5) is 20.2 Å². The first kappa shape index (κ1) is 14.0. The van der Waals surface area contributed by atoms with Crippen LogP contribution in [0.3, 0.4) is 0 Å². The van der Waals surface area contributed by atoms with Crippen LogP contribution in [0, 0.1) is 11.6 Å². The van der Waals surface area contributed by atoms with Crippen LogP contribution in [0.5, 0.6) is 0 Å². The number of nitrogens with one attached hydrogen (secondary N) is 2. The summed E-state index contributed by atoms with van der Waals surface area (Å²) in [7, 11) is 0. The second-order valence-electron chi connectivity index (χ2n) is 4.32. The van der Waals surface area contributed by atoms with E-state index in [-0.39, 0.29) is 18.1 Å². The lowest BCUT2D eigenvalue weighted by Crippen LogP contribution is -2.10. The fourth-order valence-corrected chi connectivity index (χ4v) is 1.81. The number of anilines is 2. The van der Waals surface area contributed by atoms with E-state index in [0.717, 1.165) is 23.8 Å². The average molecular weight is 276 g/mol. The van der Waals surface area contributed by atoms with Gasteiger partial charge in [-0.15, -0.1) is 0 Å². The summed E-state index contributed by atoms with van der Waals surface area (Å²) in [6, 6.07) is 10.4. The number of carbonyl (C=O) groups is 1. The number of halogens is 2. The van der Waals surface area contributed by atoms with Gasteiger partial charge in [0, 0.05) is 19.2 Å². The maximum absolute atomic E-state index is 13.5. The molecule has 2 aromatic carbocycles. The molecule has 0 bridgehead atoms. The van der Waals surface area contributed by atoms with Gasteiger partial charge < -0.3 is 10.6 Å². The van der Waals surface area contributed by atoms with Gasteiger partial charge in [-0.2, -0.15) is 0 Å². The highest BCUT2D eigenvalue weighted by molar-refractivity contribution is 5.89. The second kappa shape index (κ2) is 6.14. The average Bonchev–Trinajstić information content (AvgIpc) is 2.41. The molecule has 0 saturated carbocycles. The van der Waals surface area contributed by atoms with Crippen LogP contribution in [-0.4, -0.2) is 5.91 Å². The van der Waals surface area contributed by atoms with Crippen LogP contribution in [0.25, 0.3) is 0 Å². The van der Waals surface area contributed by atoms with E-state index in [2.05, 4.69) is 10.6 Å².